The first kappa shape index (κ1) is 45.8. The van der Waals surface area contributed by atoms with E-state index in [4.69, 9.17) is 40.5 Å². The van der Waals surface area contributed by atoms with E-state index in [1.807, 2.05) is 5.32 Å². The third kappa shape index (κ3) is 17.7. The monoisotopic (exact) mass is 783 g/mol. The van der Waals surface area contributed by atoms with Crippen LogP contribution in [0.2, 0.25) is 0 Å². The zero-order chi connectivity index (χ0) is 40.5. The molecule has 1 fully saturated rings. The normalized spacial score (nSPS) is 26.1. The molecule has 0 radical (unpaired) electrons. The van der Waals surface area contributed by atoms with Gasteiger partial charge in [0.2, 0.25) is 29.5 Å². The Morgan fingerprint density at radius 3 is 2.09 bits per heavy atom. The largest absolute Gasteiger partial charge is 0.394 e. The summed E-state index contributed by atoms with van der Waals surface area (Å²) in [6.07, 6.45) is -0.339. The van der Waals surface area contributed by atoms with Gasteiger partial charge in [-0.05, 0) is 19.4 Å². The second kappa shape index (κ2) is 22.0. The van der Waals surface area contributed by atoms with E-state index in [0.29, 0.717) is 25.6 Å². The number of amides is 8. The number of aliphatic hydroxyl groups is 3. The molecule has 300 valence electrons. The van der Waals surface area contributed by atoms with Crippen molar-refractivity contribution in [3.8, 4) is 0 Å². The van der Waals surface area contributed by atoms with Crippen LogP contribution >= 0.6 is 0 Å². The molecule has 1 unspecified atom stereocenters. The molecule has 7 atom stereocenters. The Hall–Kier alpha value is -5.23. The lowest BCUT2D eigenvalue weighted by atomic mass is 10.0. The third-order valence-electron chi connectivity index (χ3n) is 6.91. The van der Waals surface area contributed by atoms with E-state index >= 15 is 0 Å². The number of aliphatic hydroxyl groups excluding tert-OH is 3. The summed E-state index contributed by atoms with van der Waals surface area (Å²) in [5, 5.41) is 47.9. The minimum Gasteiger partial charge on any atom is -0.394 e. The summed E-state index contributed by atoms with van der Waals surface area (Å²) in [6.45, 7) is -2.36. The molecule has 0 aliphatic carbocycles. The number of nitrogens with one attached hydrogen (secondary N) is 8. The molecule has 8 amide bonds. The van der Waals surface area contributed by atoms with Crippen molar-refractivity contribution >= 4 is 57.8 Å². The van der Waals surface area contributed by atoms with Gasteiger partial charge in [-0.25, -0.2) is 9.79 Å². The number of nitrogens with zero attached hydrogens (tertiary/aromatic N) is 1. The van der Waals surface area contributed by atoms with Crippen LogP contribution in [0.5, 0.6) is 0 Å². The van der Waals surface area contributed by atoms with Crippen molar-refractivity contribution in [1.29, 1.82) is 0 Å². The Kier molecular flexibility index (Phi) is 19.0. The summed E-state index contributed by atoms with van der Waals surface area (Å²) < 4.78 is 31.6. The molecule has 2 aliphatic rings. The quantitative estimate of drug-likeness (QED) is 0.0722. The van der Waals surface area contributed by atoms with Gasteiger partial charge in [0, 0.05) is 31.6 Å². The summed E-state index contributed by atoms with van der Waals surface area (Å²) in [5.41, 5.74) is 21.5. The Morgan fingerprint density at radius 2 is 1.55 bits per heavy atom. The number of aliphatic imine (C=N–C) groups is 1. The molecular weight excluding hydrogens is 738 g/mol. The molecule has 0 saturated carbocycles. The fourth-order valence-corrected chi connectivity index (χ4v) is 4.46. The van der Waals surface area contributed by atoms with Gasteiger partial charge in [-0.1, -0.05) is 0 Å². The molecule has 0 bridgehead atoms. The van der Waals surface area contributed by atoms with E-state index in [9.17, 15) is 48.9 Å². The highest BCUT2D eigenvalue weighted by molar-refractivity contribution is 7.79. The molecule has 1 saturated heterocycles. The van der Waals surface area contributed by atoms with Gasteiger partial charge >= 0.3 is 16.4 Å². The number of carbonyl (C=O) groups is 7. The number of hydrogen-bond acceptors (Lipinski definition) is 17. The minimum atomic E-state index is -4.67. The topological polar surface area (TPSA) is 467 Å². The average Bonchev–Trinajstić information content (AvgIpc) is 3.05. The molecule has 53 heavy (non-hydrogen) atoms. The number of guanidine groups is 1. The molecule has 2 rings (SSSR count). The van der Waals surface area contributed by atoms with Crippen molar-refractivity contribution in [1.82, 2.24) is 42.5 Å². The van der Waals surface area contributed by atoms with E-state index in [2.05, 4.69) is 42.2 Å². The summed E-state index contributed by atoms with van der Waals surface area (Å²) >= 11 is 0. The molecule has 21 N–H and O–H groups in total. The highest BCUT2D eigenvalue weighted by Crippen LogP contribution is 2.11. The van der Waals surface area contributed by atoms with E-state index in [0.717, 1.165) is 0 Å². The van der Waals surface area contributed by atoms with Crippen LogP contribution in [0.15, 0.2) is 16.9 Å². The highest BCUT2D eigenvalue weighted by Gasteiger charge is 2.37. The first-order valence-electron chi connectivity index (χ1n) is 15.4. The van der Waals surface area contributed by atoms with Crippen LogP contribution in [0.3, 0.4) is 0 Å². The molecule has 0 aromatic carbocycles. The first-order chi connectivity index (χ1) is 24.7. The molecule has 2 aliphatic heterocycles. The smallest absolute Gasteiger partial charge is 0.394 e. The van der Waals surface area contributed by atoms with Gasteiger partial charge in [-0.2, -0.15) is 8.42 Å². The molecule has 0 spiro atoms. The molecular formula is C25H45N13O14S. The molecule has 0 aromatic heterocycles. The number of primary amides is 1. The number of rotatable bonds is 10. The number of nitrogens with two attached hydrogens (primary N) is 4. The first-order valence-corrected chi connectivity index (χ1v) is 16.8. The van der Waals surface area contributed by atoms with Crippen molar-refractivity contribution in [2.24, 2.45) is 27.9 Å². The Bertz CT molecular complexity index is 1500. The van der Waals surface area contributed by atoms with Crippen LogP contribution in [0.25, 0.3) is 0 Å². The standard InChI is InChI=1S/C25H43N13O10.H2O4S/c26-3-1-2-10(27)4-16(41)32-12-6-30-23(47)18(11-5-17(42)37-24(28)36-11)38-20(44)13(7-31-25(29)48)33-21(45)14(8-39)35-22(46)15(9-40)34-19(12)43;1-5(2,3)4/h7,10-12,14-15,17-18,39-40,42H,1-6,8-9,26-27H2,(H,30,47)(H,32,41)(H,33,45)(H,34,43)(H,35,46)(H,38,44)(H3,28,36,37)(H3,29,31,48);(H2,1,2,3,4)/b13-7-;/t10-,11?,12-,14-,15-,17-,18+;/m0./s1. The van der Waals surface area contributed by atoms with Crippen molar-refractivity contribution in [3.63, 3.8) is 0 Å². The molecule has 28 heteroatoms. The number of hydrogen-bond donors (Lipinski definition) is 17. The van der Waals surface area contributed by atoms with Crippen LogP contribution < -0.4 is 65.5 Å². The van der Waals surface area contributed by atoms with Gasteiger partial charge in [0.25, 0.3) is 5.91 Å². The molecule has 27 nitrogen and oxygen atoms in total. The number of urea groups is 1. The maximum atomic E-state index is 13.6. The van der Waals surface area contributed by atoms with Crippen LogP contribution in [0, 0.1) is 0 Å². The van der Waals surface area contributed by atoms with Gasteiger partial charge in [0.1, 0.15) is 29.9 Å². The lowest BCUT2D eigenvalue weighted by molar-refractivity contribution is -0.135. The van der Waals surface area contributed by atoms with Crippen LogP contribution in [-0.4, -0.2) is 149 Å². The minimum absolute atomic E-state index is 0.245. The second-order valence-corrected chi connectivity index (χ2v) is 12.1. The Morgan fingerprint density at radius 1 is 0.962 bits per heavy atom. The molecule has 0 aromatic rings. The third-order valence-corrected chi connectivity index (χ3v) is 6.91. The lowest BCUT2D eigenvalue weighted by Gasteiger charge is -2.33. The predicted octanol–water partition coefficient (Wildman–Crippen LogP) is -9.54. The Labute approximate surface area is 301 Å². The van der Waals surface area contributed by atoms with Gasteiger partial charge in [-0.15, -0.1) is 0 Å². The van der Waals surface area contributed by atoms with E-state index < -0.39 is 120 Å². The van der Waals surface area contributed by atoms with Gasteiger partial charge in [-0.3, -0.25) is 37.9 Å². The van der Waals surface area contributed by atoms with Gasteiger partial charge in [0.05, 0.1) is 19.3 Å². The molecule has 2 heterocycles. The second-order valence-electron chi connectivity index (χ2n) is 11.2. The summed E-state index contributed by atoms with van der Waals surface area (Å²) in [7, 11) is -4.67. The zero-order valence-electron chi connectivity index (χ0n) is 27.9. The average molecular weight is 784 g/mol. The van der Waals surface area contributed by atoms with E-state index in [1.54, 1.807) is 0 Å². The number of carbonyl (C=O) groups excluding carboxylic acids is 7. The SMILES string of the molecule is NCCC[C@H](N)CC(=O)N[C@H]1CNC(=O)[C@@H](C2C[C@H](O)N=C(N)N2)NC(=O)/C(=C/NC(N)=O)NC(=O)[C@H](CO)NC(=O)[C@H](CO)NC1=O.O=S(=O)(O)O. The van der Waals surface area contributed by atoms with E-state index in [-0.39, 0.29) is 18.8 Å². The lowest BCUT2D eigenvalue weighted by Crippen LogP contribution is -2.64. The predicted molar refractivity (Wildman–Crippen MR) is 178 cm³/mol. The summed E-state index contributed by atoms with van der Waals surface area (Å²) in [5.74, 6) is -6.65. The Balaban J connectivity index is 0.00000262. The zero-order valence-corrected chi connectivity index (χ0v) is 28.7. The van der Waals surface area contributed by atoms with Crippen molar-refractivity contribution in [3.05, 3.63) is 11.9 Å². The fourth-order valence-electron chi connectivity index (χ4n) is 4.46. The maximum absolute atomic E-state index is 13.6. The van der Waals surface area contributed by atoms with Crippen molar-refractivity contribution < 1.29 is 66.4 Å². The van der Waals surface area contributed by atoms with Crippen LogP contribution in [-0.2, 0) is 39.2 Å². The van der Waals surface area contributed by atoms with Gasteiger partial charge in [0.15, 0.2) is 12.2 Å². The maximum Gasteiger partial charge on any atom is 0.394 e. The fraction of sp³-hybridized carbons (Fsp3) is 0.600. The van der Waals surface area contributed by atoms with Gasteiger partial charge < -0.3 is 80.8 Å². The van der Waals surface area contributed by atoms with Crippen LogP contribution in [0.1, 0.15) is 25.7 Å². The van der Waals surface area contributed by atoms with Crippen molar-refractivity contribution in [2.45, 2.75) is 68.2 Å². The van der Waals surface area contributed by atoms with Crippen molar-refractivity contribution in [2.75, 3.05) is 26.3 Å². The summed E-state index contributed by atoms with van der Waals surface area (Å²) in [4.78, 5) is 94.0. The van der Waals surface area contributed by atoms with Crippen LogP contribution in [0.4, 0.5) is 4.79 Å². The summed E-state index contributed by atoms with van der Waals surface area (Å²) in [6, 6.07) is -9.66. The highest BCUT2D eigenvalue weighted by atomic mass is 32.3. The van der Waals surface area contributed by atoms with E-state index in [1.165, 1.54) is 0 Å².